The third-order valence-corrected chi connectivity index (χ3v) is 2.57. The lowest BCUT2D eigenvalue weighted by atomic mass is 10.0. The molecule has 4 nitrogen and oxygen atoms in total. The molecule has 0 fully saturated rings. The Hall–Kier alpha value is -0.870. The molecule has 1 aromatic rings. The SMILES string of the molecule is COC(C)(CN)c1ccn(CC(C)C)n1. The van der Waals surface area contributed by atoms with Crippen LogP contribution in [0.1, 0.15) is 26.5 Å². The van der Waals surface area contributed by atoms with Crippen LogP contribution in [0.2, 0.25) is 0 Å². The van der Waals surface area contributed by atoms with E-state index in [4.69, 9.17) is 10.5 Å². The lowest BCUT2D eigenvalue weighted by Gasteiger charge is -2.23. The summed E-state index contributed by atoms with van der Waals surface area (Å²) in [6.07, 6.45) is 1.97. The van der Waals surface area contributed by atoms with Crippen molar-refractivity contribution in [2.24, 2.45) is 11.7 Å². The zero-order valence-electron chi connectivity index (χ0n) is 10.0. The van der Waals surface area contributed by atoms with Gasteiger partial charge >= 0.3 is 0 Å². The van der Waals surface area contributed by atoms with Gasteiger partial charge in [0.15, 0.2) is 0 Å². The first-order valence-corrected chi connectivity index (χ1v) is 5.31. The van der Waals surface area contributed by atoms with Gasteiger partial charge in [0.05, 0.1) is 5.69 Å². The molecule has 0 spiro atoms. The summed E-state index contributed by atoms with van der Waals surface area (Å²) in [5.41, 5.74) is 6.11. The Morgan fingerprint density at radius 1 is 1.60 bits per heavy atom. The number of nitrogens with two attached hydrogens (primary N) is 1. The molecule has 1 heterocycles. The van der Waals surface area contributed by atoms with Crippen LogP contribution in [-0.4, -0.2) is 23.4 Å². The molecule has 2 N–H and O–H groups in total. The number of methoxy groups -OCH3 is 1. The predicted molar refractivity (Wildman–Crippen MR) is 60.5 cm³/mol. The zero-order valence-corrected chi connectivity index (χ0v) is 10.0. The van der Waals surface area contributed by atoms with Gasteiger partial charge in [-0.3, -0.25) is 4.68 Å². The summed E-state index contributed by atoms with van der Waals surface area (Å²) >= 11 is 0. The number of hydrogen-bond acceptors (Lipinski definition) is 3. The summed E-state index contributed by atoms with van der Waals surface area (Å²) in [5, 5.41) is 4.48. The van der Waals surface area contributed by atoms with Crippen molar-refractivity contribution in [2.75, 3.05) is 13.7 Å². The average molecular weight is 211 g/mol. The van der Waals surface area contributed by atoms with Crippen molar-refractivity contribution < 1.29 is 4.74 Å². The maximum atomic E-state index is 5.69. The minimum Gasteiger partial charge on any atom is -0.371 e. The fraction of sp³-hybridized carbons (Fsp3) is 0.727. The lowest BCUT2D eigenvalue weighted by Crippen LogP contribution is -2.34. The van der Waals surface area contributed by atoms with Crippen LogP contribution in [0.4, 0.5) is 0 Å². The molecule has 0 aliphatic carbocycles. The molecule has 0 aliphatic rings. The van der Waals surface area contributed by atoms with Crippen LogP contribution < -0.4 is 5.73 Å². The summed E-state index contributed by atoms with van der Waals surface area (Å²) in [4.78, 5) is 0. The summed E-state index contributed by atoms with van der Waals surface area (Å²) in [7, 11) is 1.66. The summed E-state index contributed by atoms with van der Waals surface area (Å²) in [6, 6.07) is 1.97. The molecule has 0 aliphatic heterocycles. The highest BCUT2D eigenvalue weighted by molar-refractivity contribution is 5.10. The van der Waals surface area contributed by atoms with Crippen LogP contribution in [0.15, 0.2) is 12.3 Å². The van der Waals surface area contributed by atoms with Gasteiger partial charge in [-0.1, -0.05) is 13.8 Å². The van der Waals surface area contributed by atoms with E-state index in [0.717, 1.165) is 12.2 Å². The highest BCUT2D eigenvalue weighted by Gasteiger charge is 2.27. The first kappa shape index (κ1) is 12.2. The molecule has 86 valence electrons. The van der Waals surface area contributed by atoms with Crippen LogP contribution in [0.3, 0.4) is 0 Å². The zero-order chi connectivity index (χ0) is 11.5. The van der Waals surface area contributed by atoms with Crippen molar-refractivity contribution in [3.05, 3.63) is 18.0 Å². The second kappa shape index (κ2) is 4.77. The Kier molecular flexibility index (Phi) is 3.88. The first-order chi connectivity index (χ1) is 7.01. The van der Waals surface area contributed by atoms with Crippen molar-refractivity contribution in [3.8, 4) is 0 Å². The standard InChI is InChI=1S/C11H21N3O/c1-9(2)7-14-6-5-10(13-14)11(3,8-12)15-4/h5-6,9H,7-8,12H2,1-4H3. The lowest BCUT2D eigenvalue weighted by molar-refractivity contribution is 0.00583. The number of rotatable bonds is 5. The third-order valence-electron chi connectivity index (χ3n) is 2.57. The largest absolute Gasteiger partial charge is 0.371 e. The van der Waals surface area contributed by atoms with E-state index in [1.165, 1.54) is 0 Å². The number of nitrogens with zero attached hydrogens (tertiary/aromatic N) is 2. The molecule has 0 aromatic carbocycles. The smallest absolute Gasteiger partial charge is 0.121 e. The van der Waals surface area contributed by atoms with Crippen LogP contribution in [-0.2, 0) is 16.9 Å². The van der Waals surface area contributed by atoms with Crippen molar-refractivity contribution in [3.63, 3.8) is 0 Å². The molecular formula is C11H21N3O. The molecule has 1 aromatic heterocycles. The summed E-state index contributed by atoms with van der Waals surface area (Å²) < 4.78 is 7.33. The van der Waals surface area contributed by atoms with Gasteiger partial charge in [0.1, 0.15) is 5.60 Å². The quantitative estimate of drug-likeness (QED) is 0.800. The molecule has 0 saturated carbocycles. The van der Waals surface area contributed by atoms with Crippen molar-refractivity contribution in [1.82, 2.24) is 9.78 Å². The van der Waals surface area contributed by atoms with Crippen LogP contribution >= 0.6 is 0 Å². The van der Waals surface area contributed by atoms with Crippen LogP contribution in [0.25, 0.3) is 0 Å². The van der Waals surface area contributed by atoms with Gasteiger partial charge in [0, 0.05) is 26.4 Å². The normalized spacial score (nSPS) is 15.6. The predicted octanol–water partition coefficient (Wildman–Crippen LogP) is 1.36. The molecule has 0 bridgehead atoms. The van der Waals surface area contributed by atoms with Crippen molar-refractivity contribution in [2.45, 2.75) is 32.9 Å². The third kappa shape index (κ3) is 2.79. The van der Waals surface area contributed by atoms with Crippen molar-refractivity contribution in [1.29, 1.82) is 0 Å². The molecule has 1 unspecified atom stereocenters. The maximum Gasteiger partial charge on any atom is 0.121 e. The van der Waals surface area contributed by atoms with Gasteiger partial charge in [0.25, 0.3) is 0 Å². The molecule has 1 rings (SSSR count). The number of ether oxygens (including phenoxy) is 1. The Balaban J connectivity index is 2.83. The molecular weight excluding hydrogens is 190 g/mol. The van der Waals surface area contributed by atoms with E-state index in [-0.39, 0.29) is 0 Å². The van der Waals surface area contributed by atoms with E-state index >= 15 is 0 Å². The monoisotopic (exact) mass is 211 g/mol. The van der Waals surface area contributed by atoms with Gasteiger partial charge in [-0.15, -0.1) is 0 Å². The van der Waals surface area contributed by atoms with E-state index in [1.807, 2.05) is 23.9 Å². The van der Waals surface area contributed by atoms with Gasteiger partial charge in [0.2, 0.25) is 0 Å². The van der Waals surface area contributed by atoms with E-state index in [1.54, 1.807) is 7.11 Å². The van der Waals surface area contributed by atoms with Gasteiger partial charge in [-0.2, -0.15) is 5.10 Å². The molecule has 4 heteroatoms. The minimum absolute atomic E-state index is 0.433. The molecule has 15 heavy (non-hydrogen) atoms. The average Bonchev–Trinajstić information content (AvgIpc) is 2.64. The minimum atomic E-state index is -0.470. The van der Waals surface area contributed by atoms with Gasteiger partial charge < -0.3 is 10.5 Å². The van der Waals surface area contributed by atoms with Crippen LogP contribution in [0.5, 0.6) is 0 Å². The van der Waals surface area contributed by atoms with Gasteiger partial charge in [-0.05, 0) is 18.9 Å². The van der Waals surface area contributed by atoms with Crippen molar-refractivity contribution >= 4 is 0 Å². The number of aromatic nitrogens is 2. The summed E-state index contributed by atoms with van der Waals surface area (Å²) in [5.74, 6) is 0.587. The highest BCUT2D eigenvalue weighted by Crippen LogP contribution is 2.21. The highest BCUT2D eigenvalue weighted by atomic mass is 16.5. The number of hydrogen-bond donors (Lipinski definition) is 1. The van der Waals surface area contributed by atoms with E-state index in [9.17, 15) is 0 Å². The second-order valence-electron chi connectivity index (χ2n) is 4.46. The molecule has 0 amide bonds. The molecule has 0 saturated heterocycles. The summed E-state index contributed by atoms with van der Waals surface area (Å²) in [6.45, 7) is 7.64. The van der Waals surface area contributed by atoms with Crippen LogP contribution in [0, 0.1) is 5.92 Å². The Morgan fingerprint density at radius 2 is 2.27 bits per heavy atom. The topological polar surface area (TPSA) is 53.1 Å². The maximum absolute atomic E-state index is 5.69. The fourth-order valence-electron chi connectivity index (χ4n) is 1.41. The second-order valence-corrected chi connectivity index (χ2v) is 4.46. The van der Waals surface area contributed by atoms with Gasteiger partial charge in [-0.25, -0.2) is 0 Å². The first-order valence-electron chi connectivity index (χ1n) is 5.31. The van der Waals surface area contributed by atoms with E-state index in [0.29, 0.717) is 12.5 Å². The Morgan fingerprint density at radius 3 is 2.73 bits per heavy atom. The fourth-order valence-corrected chi connectivity index (χ4v) is 1.41. The Bertz CT molecular complexity index is 303. The van der Waals surface area contributed by atoms with E-state index < -0.39 is 5.60 Å². The van der Waals surface area contributed by atoms with E-state index in [2.05, 4.69) is 18.9 Å². The molecule has 0 radical (unpaired) electrons. The Labute approximate surface area is 91.4 Å². The molecule has 1 atom stereocenters.